The minimum atomic E-state index is -1.99. The Morgan fingerprint density at radius 2 is 1.00 bits per heavy atom. The Morgan fingerprint density at radius 3 is 1.49 bits per heavy atom. The minimum Gasteiger partial charge on any atom is -0.508 e. The molecule has 3 rings (SSSR count). The number of carboxylic acids is 2. The van der Waals surface area contributed by atoms with Gasteiger partial charge in [0.05, 0.1) is 31.2 Å². The van der Waals surface area contributed by atoms with Crippen LogP contribution in [0.25, 0.3) is 0 Å². The number of amides is 11. The summed E-state index contributed by atoms with van der Waals surface area (Å²) >= 11 is 0. The van der Waals surface area contributed by atoms with Gasteiger partial charge in [0.25, 0.3) is 0 Å². The predicted octanol–water partition coefficient (Wildman–Crippen LogP) is -3.47. The van der Waals surface area contributed by atoms with Gasteiger partial charge in [-0.3, -0.25) is 57.5 Å². The summed E-state index contributed by atoms with van der Waals surface area (Å²) in [5.74, 6) is -14.7. The normalized spacial score (nSPS) is 16.6. The Morgan fingerprint density at radius 1 is 0.544 bits per heavy atom. The maximum absolute atomic E-state index is 14.1. The van der Waals surface area contributed by atoms with Gasteiger partial charge in [-0.1, -0.05) is 65.8 Å². The topological polar surface area (TPSA) is 507 Å². The van der Waals surface area contributed by atoms with Gasteiger partial charge in [0.2, 0.25) is 65.0 Å². The molecule has 0 aliphatic carbocycles. The van der Waals surface area contributed by atoms with Crippen molar-refractivity contribution < 1.29 is 93.0 Å². The molecule has 1 aliphatic rings. The first kappa shape index (κ1) is 75.3. The maximum atomic E-state index is 14.1. The fourth-order valence-corrected chi connectivity index (χ4v) is 9.56. The van der Waals surface area contributed by atoms with Gasteiger partial charge in [-0.15, -0.1) is 0 Å². The standard InChI is InChI=1S/C59H88N12O19/c1-28(2)22-39(64-53(83)40(23-29(3)4)66-55(85)43-10-9-21-71(43)58(88)47(30(5)6)69-50(80)37(60)24-33-11-15-35(74)16-12-33)51(81)62-27-45(77)68-48(31(7)72)56(86)63-38(19-20-44(61)76)52(82)65-41(25-34-13-17-36(75)18-14-34)54(84)70-49(32(8)73)57(87)67-42(59(89)90)26-46(78)79/h11-18,28-32,37-43,47-49,72-75H,9-10,19-27,60H2,1-8H3,(H2,61,76)(H,62,81)(H,63,86)(H,64,83)(H,65,82)(H,66,85)(H,67,87)(H,68,77)(H,69,80)(H,70,84)(H,78,79)(H,89,90)/t31-,32-,37+,38+,39+,40+,41+,42+,43+,47+,48+,49+/m1/s1. The third-order valence-corrected chi connectivity index (χ3v) is 14.4. The van der Waals surface area contributed by atoms with Crippen LogP contribution in [0.15, 0.2) is 48.5 Å². The van der Waals surface area contributed by atoms with Crippen LogP contribution in [0.3, 0.4) is 0 Å². The van der Waals surface area contributed by atoms with Crippen molar-refractivity contribution >= 4 is 76.9 Å². The third kappa shape index (κ3) is 24.9. The molecule has 31 heteroatoms. The number of nitrogens with two attached hydrogens (primary N) is 2. The highest BCUT2D eigenvalue weighted by Gasteiger charge is 2.41. The van der Waals surface area contributed by atoms with Gasteiger partial charge in [0, 0.05) is 19.4 Å². The summed E-state index contributed by atoms with van der Waals surface area (Å²) in [6.45, 7) is 12.0. The van der Waals surface area contributed by atoms with Crippen molar-refractivity contribution in [2.45, 2.75) is 186 Å². The van der Waals surface area contributed by atoms with E-state index >= 15 is 0 Å². The molecule has 0 spiro atoms. The summed E-state index contributed by atoms with van der Waals surface area (Å²) in [4.78, 5) is 174. The smallest absolute Gasteiger partial charge is 0.326 e. The molecule has 0 radical (unpaired) electrons. The molecule has 2 aromatic rings. The zero-order chi connectivity index (χ0) is 67.9. The molecule has 0 unspecified atom stereocenters. The van der Waals surface area contributed by atoms with Crippen molar-refractivity contribution in [1.82, 2.24) is 52.8 Å². The number of aliphatic carboxylic acids is 2. The summed E-state index contributed by atoms with van der Waals surface area (Å²) in [6.07, 6.45) is -5.16. The monoisotopic (exact) mass is 1270 g/mol. The molecule has 31 nitrogen and oxygen atoms in total. The van der Waals surface area contributed by atoms with Crippen LogP contribution in [0.5, 0.6) is 11.5 Å². The van der Waals surface area contributed by atoms with Crippen LogP contribution in [0.2, 0.25) is 0 Å². The van der Waals surface area contributed by atoms with Crippen LogP contribution in [0, 0.1) is 17.8 Å². The highest BCUT2D eigenvalue weighted by molar-refractivity contribution is 5.99. The number of benzene rings is 2. The number of primary amides is 1. The van der Waals surface area contributed by atoms with Crippen LogP contribution in [0.4, 0.5) is 0 Å². The Balaban J connectivity index is 1.77. The third-order valence-electron chi connectivity index (χ3n) is 14.4. The van der Waals surface area contributed by atoms with E-state index in [9.17, 15) is 87.9 Å². The van der Waals surface area contributed by atoms with Crippen molar-refractivity contribution in [2.24, 2.45) is 29.2 Å². The highest BCUT2D eigenvalue weighted by atomic mass is 16.4. The van der Waals surface area contributed by atoms with E-state index in [0.717, 1.165) is 13.8 Å². The largest absolute Gasteiger partial charge is 0.508 e. The Hall–Kier alpha value is -8.97. The Kier molecular flexibility index (Phi) is 30.0. The minimum absolute atomic E-state index is 0.0244. The molecule has 11 amide bonds. The first-order chi connectivity index (χ1) is 42.1. The van der Waals surface area contributed by atoms with Crippen LogP contribution in [-0.4, -0.2) is 198 Å². The zero-order valence-electron chi connectivity index (χ0n) is 51.6. The second-order valence-corrected chi connectivity index (χ2v) is 23.5. The van der Waals surface area contributed by atoms with E-state index in [0.29, 0.717) is 12.0 Å². The molecule has 0 saturated carbocycles. The quantitative estimate of drug-likeness (QED) is 0.0315. The lowest BCUT2D eigenvalue weighted by atomic mass is 9.99. The van der Waals surface area contributed by atoms with Crippen LogP contribution in [-0.2, 0) is 75.2 Å². The van der Waals surface area contributed by atoms with Crippen LogP contribution < -0.4 is 59.3 Å². The molecule has 2 aromatic carbocycles. The van der Waals surface area contributed by atoms with E-state index in [-0.39, 0.29) is 61.1 Å². The number of carboxylic acid groups (broad SMARTS) is 2. The second-order valence-electron chi connectivity index (χ2n) is 23.5. The molecule has 1 saturated heterocycles. The molecule has 0 aromatic heterocycles. The fraction of sp³-hybridized carbons (Fsp3) is 0.576. The Bertz CT molecular complexity index is 2850. The number of phenolic OH excluding ortho intramolecular Hbond substituents is 2. The molecule has 0 bridgehead atoms. The number of carbonyl (C=O) groups excluding carboxylic acids is 11. The first-order valence-electron chi connectivity index (χ1n) is 29.5. The van der Waals surface area contributed by atoms with E-state index in [4.69, 9.17) is 16.6 Å². The molecule has 90 heavy (non-hydrogen) atoms. The average Bonchev–Trinajstić information content (AvgIpc) is 1.63. The van der Waals surface area contributed by atoms with Crippen LogP contribution >= 0.6 is 0 Å². The lowest BCUT2D eigenvalue weighted by Gasteiger charge is -2.32. The number of likely N-dealkylation sites (tertiary alicyclic amines) is 1. The summed E-state index contributed by atoms with van der Waals surface area (Å²) in [5, 5.41) is 80.9. The molecule has 1 aliphatic heterocycles. The van der Waals surface area contributed by atoms with E-state index < -0.39 is 188 Å². The number of hydrogen-bond acceptors (Lipinski definition) is 18. The zero-order valence-corrected chi connectivity index (χ0v) is 51.6. The van der Waals surface area contributed by atoms with Gasteiger partial charge in [-0.2, -0.15) is 0 Å². The average molecular weight is 1270 g/mol. The Labute approximate surface area is 520 Å². The van der Waals surface area contributed by atoms with Gasteiger partial charge in [-0.05, 0) is 106 Å². The van der Waals surface area contributed by atoms with E-state index in [1.54, 1.807) is 53.7 Å². The van der Waals surface area contributed by atoms with Crippen molar-refractivity contribution in [3.63, 3.8) is 0 Å². The van der Waals surface area contributed by atoms with Gasteiger partial charge in [0.15, 0.2) is 0 Å². The number of carbonyl (C=O) groups is 13. The summed E-state index contributed by atoms with van der Waals surface area (Å²) < 4.78 is 0. The van der Waals surface area contributed by atoms with Gasteiger partial charge in [-0.25, -0.2) is 4.79 Å². The predicted molar refractivity (Wildman–Crippen MR) is 320 cm³/mol. The number of nitrogens with one attached hydrogen (secondary N) is 9. The molecular weight excluding hydrogens is 1180 g/mol. The van der Waals surface area contributed by atoms with Crippen molar-refractivity contribution in [2.75, 3.05) is 13.1 Å². The fourth-order valence-electron chi connectivity index (χ4n) is 9.56. The number of hydrogen-bond donors (Lipinski definition) is 17. The highest BCUT2D eigenvalue weighted by Crippen LogP contribution is 2.22. The van der Waals surface area contributed by atoms with Gasteiger partial charge in [0.1, 0.15) is 65.9 Å². The molecule has 12 atom stereocenters. The molecule has 1 heterocycles. The number of nitrogens with zero attached hydrogens (tertiary/aromatic N) is 1. The van der Waals surface area contributed by atoms with E-state index in [1.165, 1.54) is 41.3 Å². The maximum Gasteiger partial charge on any atom is 0.326 e. The van der Waals surface area contributed by atoms with E-state index in [1.807, 2.05) is 5.32 Å². The summed E-state index contributed by atoms with van der Waals surface area (Å²) in [5.41, 5.74) is 12.5. The number of aliphatic hydroxyl groups excluding tert-OH is 2. The number of rotatable bonds is 36. The van der Waals surface area contributed by atoms with E-state index in [2.05, 4.69) is 42.5 Å². The number of phenols is 2. The first-order valence-corrected chi connectivity index (χ1v) is 29.5. The molecule has 19 N–H and O–H groups in total. The number of aromatic hydroxyl groups is 2. The van der Waals surface area contributed by atoms with Crippen molar-refractivity contribution in [3.05, 3.63) is 59.7 Å². The second kappa shape index (κ2) is 35.9. The van der Waals surface area contributed by atoms with Gasteiger partial charge < -0.3 is 94.9 Å². The summed E-state index contributed by atoms with van der Waals surface area (Å²) in [6, 6.07) is -3.64. The van der Waals surface area contributed by atoms with Crippen LogP contribution in [0.1, 0.15) is 111 Å². The molecule has 1 fully saturated rings. The lowest BCUT2D eigenvalue weighted by Crippen LogP contribution is -2.62. The van der Waals surface area contributed by atoms with Gasteiger partial charge >= 0.3 is 11.9 Å². The molecular formula is C59H88N12O19. The molecule has 498 valence electrons. The lowest BCUT2D eigenvalue weighted by molar-refractivity contribution is -0.148. The van der Waals surface area contributed by atoms with Crippen molar-refractivity contribution in [1.29, 1.82) is 0 Å². The summed E-state index contributed by atoms with van der Waals surface area (Å²) in [7, 11) is 0. The SMILES string of the molecule is CC(C)C[C@H](NC(=O)[C@H](CC(C)C)NC(=O)[C@@H]1CCCN1C(=O)[C@@H](NC(=O)[C@@H](N)Cc1ccc(O)cc1)C(C)C)C(=O)NCC(=O)N[C@H](C(=O)N[C@@H](CCC(N)=O)C(=O)N[C@@H](Cc1ccc(O)cc1)C(=O)N[C@H](C(=O)N[C@@H](CC(=O)O)C(=O)O)[C@@H](C)O)[C@@H](C)O. The van der Waals surface area contributed by atoms with Crippen molar-refractivity contribution in [3.8, 4) is 11.5 Å². The number of aliphatic hydroxyl groups is 2.